The molecule has 0 saturated heterocycles. The highest BCUT2D eigenvalue weighted by Gasteiger charge is 2.05. The van der Waals surface area contributed by atoms with Crippen LogP contribution in [0, 0.1) is 0 Å². The number of nitrogens with zero attached hydrogens (tertiary/aromatic N) is 1. The van der Waals surface area contributed by atoms with Crippen LogP contribution >= 0.6 is 15.9 Å². The SMILES string of the molecule is CCC(=O)Nc1ccc(C(=O)N/N=C\c2cccc(Br)c2)cc1. The second-order valence-electron chi connectivity index (χ2n) is 4.73. The first kappa shape index (κ1) is 16.9. The van der Waals surface area contributed by atoms with Crippen LogP contribution in [0.25, 0.3) is 0 Å². The van der Waals surface area contributed by atoms with Gasteiger partial charge in [-0.3, -0.25) is 9.59 Å². The van der Waals surface area contributed by atoms with Crippen molar-refractivity contribution < 1.29 is 9.59 Å². The predicted molar refractivity (Wildman–Crippen MR) is 94.6 cm³/mol. The average molecular weight is 374 g/mol. The Hall–Kier alpha value is -2.47. The third kappa shape index (κ3) is 5.34. The first-order valence-corrected chi connectivity index (χ1v) is 7.86. The van der Waals surface area contributed by atoms with E-state index in [1.807, 2.05) is 24.3 Å². The molecule has 2 rings (SSSR count). The molecule has 2 amide bonds. The molecular weight excluding hydrogens is 358 g/mol. The van der Waals surface area contributed by atoms with E-state index in [9.17, 15) is 9.59 Å². The van der Waals surface area contributed by atoms with Crippen molar-refractivity contribution in [1.82, 2.24) is 5.43 Å². The van der Waals surface area contributed by atoms with E-state index in [2.05, 4.69) is 31.8 Å². The van der Waals surface area contributed by atoms with Crippen LogP contribution in [0.3, 0.4) is 0 Å². The Kier molecular flexibility index (Phi) is 6.05. The number of anilines is 1. The third-order valence-electron chi connectivity index (χ3n) is 2.98. The number of halogens is 1. The summed E-state index contributed by atoms with van der Waals surface area (Å²) in [6, 6.07) is 14.2. The standard InChI is InChI=1S/C17H16BrN3O2/c1-2-16(22)20-15-8-6-13(7-9-15)17(23)21-19-11-12-4-3-5-14(18)10-12/h3-11H,2H2,1H3,(H,20,22)(H,21,23)/b19-11-. The zero-order valence-corrected chi connectivity index (χ0v) is 14.1. The lowest BCUT2D eigenvalue weighted by molar-refractivity contribution is -0.115. The van der Waals surface area contributed by atoms with E-state index in [1.165, 1.54) is 0 Å². The van der Waals surface area contributed by atoms with Crippen molar-refractivity contribution in [2.24, 2.45) is 5.10 Å². The zero-order chi connectivity index (χ0) is 16.7. The monoisotopic (exact) mass is 373 g/mol. The van der Waals surface area contributed by atoms with Gasteiger partial charge in [0.05, 0.1) is 6.21 Å². The van der Waals surface area contributed by atoms with E-state index in [4.69, 9.17) is 0 Å². The molecule has 6 heteroatoms. The van der Waals surface area contributed by atoms with Crippen LogP contribution in [-0.2, 0) is 4.79 Å². The minimum atomic E-state index is -0.315. The number of nitrogens with one attached hydrogen (secondary N) is 2. The summed E-state index contributed by atoms with van der Waals surface area (Å²) in [7, 11) is 0. The summed E-state index contributed by atoms with van der Waals surface area (Å²) in [5.41, 5.74) is 4.46. The molecule has 2 aromatic rings. The molecule has 0 unspecified atom stereocenters. The van der Waals surface area contributed by atoms with Crippen LogP contribution in [0.4, 0.5) is 5.69 Å². The van der Waals surface area contributed by atoms with E-state index in [0.717, 1.165) is 10.0 Å². The van der Waals surface area contributed by atoms with Gasteiger partial charge in [0.15, 0.2) is 0 Å². The number of hydrogen-bond acceptors (Lipinski definition) is 3. The maximum absolute atomic E-state index is 12.0. The molecule has 2 N–H and O–H groups in total. The van der Waals surface area contributed by atoms with Gasteiger partial charge >= 0.3 is 0 Å². The van der Waals surface area contributed by atoms with Gasteiger partial charge < -0.3 is 5.32 Å². The first-order chi connectivity index (χ1) is 11.1. The fourth-order valence-corrected chi connectivity index (χ4v) is 2.19. The minimum Gasteiger partial charge on any atom is -0.326 e. The molecule has 0 fully saturated rings. The highest BCUT2D eigenvalue weighted by molar-refractivity contribution is 9.10. The van der Waals surface area contributed by atoms with E-state index < -0.39 is 0 Å². The molecule has 118 valence electrons. The number of hydrazone groups is 1. The second kappa shape index (κ2) is 8.24. The molecular formula is C17H16BrN3O2. The van der Waals surface area contributed by atoms with Crippen LogP contribution in [0.1, 0.15) is 29.3 Å². The van der Waals surface area contributed by atoms with E-state index in [0.29, 0.717) is 17.7 Å². The number of carbonyl (C=O) groups is 2. The van der Waals surface area contributed by atoms with Crippen LogP contribution in [-0.4, -0.2) is 18.0 Å². The van der Waals surface area contributed by atoms with Crippen molar-refractivity contribution in [2.75, 3.05) is 5.32 Å². The lowest BCUT2D eigenvalue weighted by Gasteiger charge is -2.04. The average Bonchev–Trinajstić information content (AvgIpc) is 2.55. The van der Waals surface area contributed by atoms with Crippen molar-refractivity contribution >= 4 is 39.6 Å². The molecule has 0 bridgehead atoms. The molecule has 0 aliphatic carbocycles. The number of carbonyl (C=O) groups excluding carboxylic acids is 2. The number of rotatable bonds is 5. The van der Waals surface area contributed by atoms with Gasteiger partial charge in [0.25, 0.3) is 5.91 Å². The summed E-state index contributed by atoms with van der Waals surface area (Å²) < 4.78 is 0.942. The van der Waals surface area contributed by atoms with Gasteiger partial charge in [-0.1, -0.05) is 35.0 Å². The topological polar surface area (TPSA) is 70.6 Å². The summed E-state index contributed by atoms with van der Waals surface area (Å²) >= 11 is 3.37. The van der Waals surface area contributed by atoms with Gasteiger partial charge in [0.2, 0.25) is 5.91 Å². The summed E-state index contributed by atoms with van der Waals surface area (Å²) in [4.78, 5) is 23.3. The highest BCUT2D eigenvalue weighted by Crippen LogP contribution is 2.11. The quantitative estimate of drug-likeness (QED) is 0.621. The Morgan fingerprint density at radius 3 is 2.57 bits per heavy atom. The Morgan fingerprint density at radius 1 is 1.17 bits per heavy atom. The second-order valence-corrected chi connectivity index (χ2v) is 5.65. The van der Waals surface area contributed by atoms with Gasteiger partial charge in [-0.15, -0.1) is 0 Å². The summed E-state index contributed by atoms with van der Waals surface area (Å²) in [6.45, 7) is 1.78. The van der Waals surface area contributed by atoms with Gasteiger partial charge in [0, 0.05) is 22.1 Å². The van der Waals surface area contributed by atoms with Crippen LogP contribution in [0.5, 0.6) is 0 Å². The summed E-state index contributed by atoms with van der Waals surface area (Å²) in [5, 5.41) is 6.65. The Labute approximate surface area is 142 Å². The Balaban J connectivity index is 1.94. The fourth-order valence-electron chi connectivity index (χ4n) is 1.77. The summed E-state index contributed by atoms with van der Waals surface area (Å²) in [6.07, 6.45) is 1.98. The third-order valence-corrected chi connectivity index (χ3v) is 3.47. The molecule has 5 nitrogen and oxygen atoms in total. The Bertz CT molecular complexity index is 727. The van der Waals surface area contributed by atoms with Gasteiger partial charge in [-0.05, 0) is 42.0 Å². The van der Waals surface area contributed by atoms with Crippen molar-refractivity contribution in [3.63, 3.8) is 0 Å². The van der Waals surface area contributed by atoms with E-state index >= 15 is 0 Å². The number of hydrogen-bond donors (Lipinski definition) is 2. The maximum Gasteiger partial charge on any atom is 0.271 e. The molecule has 0 aliphatic rings. The molecule has 0 heterocycles. The molecule has 0 spiro atoms. The molecule has 23 heavy (non-hydrogen) atoms. The van der Waals surface area contributed by atoms with Crippen molar-refractivity contribution in [3.05, 3.63) is 64.1 Å². The van der Waals surface area contributed by atoms with Crippen LogP contribution < -0.4 is 10.7 Å². The minimum absolute atomic E-state index is 0.0687. The molecule has 0 saturated carbocycles. The van der Waals surface area contributed by atoms with Gasteiger partial charge in [-0.25, -0.2) is 5.43 Å². The molecule has 0 atom stereocenters. The largest absolute Gasteiger partial charge is 0.326 e. The molecule has 0 aliphatic heterocycles. The zero-order valence-electron chi connectivity index (χ0n) is 12.5. The summed E-state index contributed by atoms with van der Waals surface area (Å²) in [5.74, 6) is -0.384. The maximum atomic E-state index is 12.0. The van der Waals surface area contributed by atoms with E-state index in [-0.39, 0.29) is 11.8 Å². The molecule has 0 radical (unpaired) electrons. The van der Waals surface area contributed by atoms with Gasteiger partial charge in [0.1, 0.15) is 0 Å². The normalized spacial score (nSPS) is 10.5. The lowest BCUT2D eigenvalue weighted by atomic mass is 10.2. The molecule has 2 aromatic carbocycles. The van der Waals surface area contributed by atoms with Crippen molar-refractivity contribution in [3.8, 4) is 0 Å². The Morgan fingerprint density at radius 2 is 1.91 bits per heavy atom. The lowest BCUT2D eigenvalue weighted by Crippen LogP contribution is -2.17. The highest BCUT2D eigenvalue weighted by atomic mass is 79.9. The van der Waals surface area contributed by atoms with Crippen molar-refractivity contribution in [1.29, 1.82) is 0 Å². The van der Waals surface area contributed by atoms with Crippen LogP contribution in [0.2, 0.25) is 0 Å². The first-order valence-electron chi connectivity index (χ1n) is 7.07. The number of amides is 2. The number of benzene rings is 2. The van der Waals surface area contributed by atoms with Crippen LogP contribution in [0.15, 0.2) is 58.1 Å². The predicted octanol–water partition coefficient (Wildman–Crippen LogP) is 3.56. The van der Waals surface area contributed by atoms with Crippen molar-refractivity contribution in [2.45, 2.75) is 13.3 Å². The smallest absolute Gasteiger partial charge is 0.271 e. The van der Waals surface area contributed by atoms with E-state index in [1.54, 1.807) is 37.4 Å². The van der Waals surface area contributed by atoms with Gasteiger partial charge in [-0.2, -0.15) is 5.10 Å². The fraction of sp³-hybridized carbons (Fsp3) is 0.118. The molecule has 0 aromatic heterocycles.